The van der Waals surface area contributed by atoms with Gasteiger partial charge in [-0.3, -0.25) is 4.79 Å². The van der Waals surface area contributed by atoms with Crippen molar-refractivity contribution < 1.29 is 9.53 Å². The number of amides is 1. The summed E-state index contributed by atoms with van der Waals surface area (Å²) in [6.45, 7) is 0.786. The number of hydrogen-bond acceptors (Lipinski definition) is 4. The molecule has 0 N–H and O–H groups in total. The smallest absolute Gasteiger partial charge is 0.261 e. The van der Waals surface area contributed by atoms with Crippen LogP contribution in [0.4, 0.5) is 0 Å². The Kier molecular flexibility index (Phi) is 5.20. The highest BCUT2D eigenvalue weighted by Crippen LogP contribution is 2.36. The maximum atomic E-state index is 13.0. The summed E-state index contributed by atoms with van der Waals surface area (Å²) in [6.07, 6.45) is 1.94. The van der Waals surface area contributed by atoms with E-state index in [2.05, 4.69) is 6.07 Å². The van der Waals surface area contributed by atoms with Gasteiger partial charge in [-0.2, -0.15) is 0 Å². The lowest BCUT2D eigenvalue weighted by Gasteiger charge is -2.23. The minimum atomic E-state index is 0.0135. The average Bonchev–Trinajstić information content (AvgIpc) is 3.45. The van der Waals surface area contributed by atoms with Crippen molar-refractivity contribution in [2.75, 3.05) is 13.2 Å². The van der Waals surface area contributed by atoms with Gasteiger partial charge in [0.1, 0.15) is 10.8 Å². The molecule has 0 saturated carbocycles. The number of hydrogen-bond donors (Lipinski definition) is 0. The number of nitrogens with zero attached hydrogens (tertiary/aromatic N) is 2. The molecule has 1 aliphatic heterocycles. The molecule has 0 bridgehead atoms. The zero-order valence-electron chi connectivity index (χ0n) is 16.5. The zero-order chi connectivity index (χ0) is 20.3. The molecule has 1 amide bonds. The van der Waals surface area contributed by atoms with Crippen LogP contribution in [0.5, 0.6) is 5.75 Å². The van der Waals surface area contributed by atoms with Gasteiger partial charge in [0.05, 0.1) is 16.3 Å². The monoisotopic (exact) mass is 414 g/mol. The molecule has 1 aliphatic rings. The van der Waals surface area contributed by atoms with Crippen LogP contribution in [-0.4, -0.2) is 28.9 Å². The number of para-hydroxylation sites is 2. The molecule has 0 aliphatic carbocycles. The molecule has 1 aromatic heterocycles. The Hall–Kier alpha value is -3.18. The lowest BCUT2D eigenvalue weighted by Crippen LogP contribution is -2.34. The fourth-order valence-corrected chi connectivity index (χ4v) is 5.14. The summed E-state index contributed by atoms with van der Waals surface area (Å²) in [5, 5.41) is 1.02. The van der Waals surface area contributed by atoms with E-state index in [1.54, 1.807) is 11.3 Å². The summed E-state index contributed by atoms with van der Waals surface area (Å²) in [5.74, 6) is 0.743. The van der Waals surface area contributed by atoms with Gasteiger partial charge >= 0.3 is 0 Å². The SMILES string of the molecule is O=C(COc1ccccc1-c1ccccc1)N1CCC[C@@H]1c1nc2ccccc2s1. The number of benzene rings is 3. The molecular formula is C25H22N2O2S. The van der Waals surface area contributed by atoms with E-state index < -0.39 is 0 Å². The number of thiazole rings is 1. The first-order valence-corrected chi connectivity index (χ1v) is 11.0. The third-order valence-electron chi connectivity index (χ3n) is 5.49. The van der Waals surface area contributed by atoms with Gasteiger partial charge in [-0.1, -0.05) is 60.7 Å². The summed E-state index contributed by atoms with van der Waals surface area (Å²) in [7, 11) is 0. The van der Waals surface area contributed by atoms with Crippen molar-refractivity contribution in [2.45, 2.75) is 18.9 Å². The number of aromatic nitrogens is 1. The molecule has 5 rings (SSSR count). The van der Waals surface area contributed by atoms with Crippen molar-refractivity contribution in [3.05, 3.63) is 83.9 Å². The molecule has 3 aromatic carbocycles. The Balaban J connectivity index is 1.32. The lowest BCUT2D eigenvalue weighted by molar-refractivity contribution is -0.134. The summed E-state index contributed by atoms with van der Waals surface area (Å²) in [4.78, 5) is 19.8. The number of fused-ring (bicyclic) bond motifs is 1. The van der Waals surface area contributed by atoms with Gasteiger partial charge in [0.15, 0.2) is 6.61 Å². The highest BCUT2D eigenvalue weighted by atomic mass is 32.1. The molecule has 0 unspecified atom stereocenters. The Labute approximate surface area is 179 Å². The van der Waals surface area contributed by atoms with Crippen molar-refractivity contribution in [1.29, 1.82) is 0 Å². The molecule has 5 heteroatoms. The molecule has 1 fully saturated rings. The van der Waals surface area contributed by atoms with E-state index in [0.717, 1.165) is 46.8 Å². The minimum Gasteiger partial charge on any atom is -0.483 e. The molecule has 2 heterocycles. The molecule has 1 atom stereocenters. The Morgan fingerprint density at radius 1 is 1.00 bits per heavy atom. The second-order valence-corrected chi connectivity index (χ2v) is 8.48. The highest BCUT2D eigenvalue weighted by Gasteiger charge is 2.32. The van der Waals surface area contributed by atoms with Crippen molar-refractivity contribution >= 4 is 27.5 Å². The van der Waals surface area contributed by atoms with Crippen LogP contribution in [0.3, 0.4) is 0 Å². The second kappa shape index (κ2) is 8.28. The van der Waals surface area contributed by atoms with Crippen molar-refractivity contribution in [1.82, 2.24) is 9.88 Å². The third-order valence-corrected chi connectivity index (χ3v) is 6.63. The number of likely N-dealkylation sites (tertiary alicyclic amines) is 1. The van der Waals surface area contributed by atoms with Crippen molar-refractivity contribution in [2.24, 2.45) is 0 Å². The predicted molar refractivity (Wildman–Crippen MR) is 121 cm³/mol. The third kappa shape index (κ3) is 3.68. The van der Waals surface area contributed by atoms with Gasteiger partial charge < -0.3 is 9.64 Å². The predicted octanol–water partition coefficient (Wildman–Crippen LogP) is 5.71. The maximum Gasteiger partial charge on any atom is 0.261 e. The van der Waals surface area contributed by atoms with Gasteiger partial charge in [0.2, 0.25) is 0 Å². The standard InChI is InChI=1S/C25H22N2O2S/c28-24(17-29-22-14-6-4-11-19(22)18-9-2-1-3-10-18)27-16-8-13-21(27)25-26-20-12-5-7-15-23(20)30-25/h1-7,9-12,14-15,21H,8,13,16-17H2/t21-/m1/s1. The van der Waals surface area contributed by atoms with Crippen LogP contribution in [0, 0.1) is 0 Å². The zero-order valence-corrected chi connectivity index (χ0v) is 17.3. The molecular weight excluding hydrogens is 392 g/mol. The largest absolute Gasteiger partial charge is 0.483 e. The maximum absolute atomic E-state index is 13.0. The average molecular weight is 415 g/mol. The lowest BCUT2D eigenvalue weighted by atomic mass is 10.1. The number of rotatable bonds is 5. The highest BCUT2D eigenvalue weighted by molar-refractivity contribution is 7.18. The number of carbonyl (C=O) groups is 1. The van der Waals surface area contributed by atoms with E-state index in [1.165, 1.54) is 4.70 Å². The van der Waals surface area contributed by atoms with E-state index in [0.29, 0.717) is 0 Å². The van der Waals surface area contributed by atoms with E-state index in [9.17, 15) is 4.79 Å². The summed E-state index contributed by atoms with van der Waals surface area (Å²) in [5.41, 5.74) is 3.08. The van der Waals surface area contributed by atoms with Crippen LogP contribution in [0.25, 0.3) is 21.3 Å². The molecule has 0 radical (unpaired) electrons. The molecule has 4 aromatic rings. The van der Waals surface area contributed by atoms with Crippen LogP contribution in [0.2, 0.25) is 0 Å². The second-order valence-electron chi connectivity index (χ2n) is 7.42. The Bertz CT molecular complexity index is 1140. The van der Waals surface area contributed by atoms with E-state index in [4.69, 9.17) is 9.72 Å². The van der Waals surface area contributed by atoms with Gasteiger partial charge in [0.25, 0.3) is 5.91 Å². The van der Waals surface area contributed by atoms with Crippen molar-refractivity contribution in [3.63, 3.8) is 0 Å². The molecule has 1 saturated heterocycles. The van der Waals surface area contributed by atoms with Crippen LogP contribution in [-0.2, 0) is 4.79 Å². The number of carbonyl (C=O) groups excluding carboxylic acids is 1. The molecule has 4 nitrogen and oxygen atoms in total. The van der Waals surface area contributed by atoms with E-state index in [1.807, 2.05) is 77.7 Å². The molecule has 0 spiro atoms. The van der Waals surface area contributed by atoms with Crippen LogP contribution < -0.4 is 4.74 Å². The first kappa shape index (κ1) is 18.8. The van der Waals surface area contributed by atoms with Gasteiger partial charge in [-0.05, 0) is 36.6 Å². The minimum absolute atomic E-state index is 0.0135. The van der Waals surface area contributed by atoms with E-state index >= 15 is 0 Å². The molecule has 150 valence electrons. The van der Waals surface area contributed by atoms with Gasteiger partial charge in [0, 0.05) is 12.1 Å². The Morgan fingerprint density at radius 3 is 2.63 bits per heavy atom. The van der Waals surface area contributed by atoms with Crippen molar-refractivity contribution in [3.8, 4) is 16.9 Å². The first-order valence-electron chi connectivity index (χ1n) is 10.2. The van der Waals surface area contributed by atoms with Gasteiger partial charge in [-0.25, -0.2) is 4.98 Å². The normalized spacial score (nSPS) is 16.1. The van der Waals surface area contributed by atoms with E-state index in [-0.39, 0.29) is 18.6 Å². The number of ether oxygens (including phenoxy) is 1. The quantitative estimate of drug-likeness (QED) is 0.420. The summed E-state index contributed by atoms with van der Waals surface area (Å²) < 4.78 is 7.17. The van der Waals surface area contributed by atoms with Gasteiger partial charge in [-0.15, -0.1) is 11.3 Å². The Morgan fingerprint density at radius 2 is 1.77 bits per heavy atom. The topological polar surface area (TPSA) is 42.4 Å². The summed E-state index contributed by atoms with van der Waals surface area (Å²) >= 11 is 1.68. The summed E-state index contributed by atoms with van der Waals surface area (Å²) in [6, 6.07) is 26.2. The fraction of sp³-hybridized carbons (Fsp3) is 0.200. The fourth-order valence-electron chi connectivity index (χ4n) is 4.03. The first-order chi connectivity index (χ1) is 14.8. The van der Waals surface area contributed by atoms with Crippen LogP contribution in [0.15, 0.2) is 78.9 Å². The molecule has 30 heavy (non-hydrogen) atoms. The van der Waals surface area contributed by atoms with Crippen LogP contribution in [0.1, 0.15) is 23.9 Å². The van der Waals surface area contributed by atoms with Crippen LogP contribution >= 0.6 is 11.3 Å².